The molecule has 0 unspecified atom stereocenters. The van der Waals surface area contributed by atoms with Crippen molar-refractivity contribution in [3.63, 3.8) is 0 Å². The van der Waals surface area contributed by atoms with E-state index in [4.69, 9.17) is 9.73 Å². The molecule has 174 valence electrons. The second-order valence-corrected chi connectivity index (χ2v) is 9.36. The first-order valence-electron chi connectivity index (χ1n) is 12.5. The number of unbranched alkanes of at least 4 members (excludes halogenated alkanes) is 1. The fourth-order valence-corrected chi connectivity index (χ4v) is 5.13. The molecule has 3 rings (SSSR count). The number of likely N-dealkylation sites (N-methyl/N-ethyl adjacent to an activating group) is 1. The molecule has 0 amide bonds. The van der Waals surface area contributed by atoms with Gasteiger partial charge in [0.25, 0.3) is 0 Å². The van der Waals surface area contributed by atoms with Crippen molar-refractivity contribution >= 4 is 5.96 Å². The summed E-state index contributed by atoms with van der Waals surface area (Å²) >= 11 is 0. The van der Waals surface area contributed by atoms with Gasteiger partial charge in [0.15, 0.2) is 5.96 Å². The summed E-state index contributed by atoms with van der Waals surface area (Å²) in [6.45, 7) is 14.9. The first-order valence-corrected chi connectivity index (χ1v) is 12.5. The predicted molar refractivity (Wildman–Crippen MR) is 125 cm³/mol. The minimum atomic E-state index is 0.242. The summed E-state index contributed by atoms with van der Waals surface area (Å²) in [5.74, 6) is 0.996. The zero-order chi connectivity index (χ0) is 21.1. The second-order valence-electron chi connectivity index (χ2n) is 9.36. The Balaban J connectivity index is 1.44. The smallest absolute Gasteiger partial charge is 0.191 e. The summed E-state index contributed by atoms with van der Waals surface area (Å²) in [6, 6.07) is 0. The van der Waals surface area contributed by atoms with Gasteiger partial charge in [0.05, 0.1) is 19.8 Å². The van der Waals surface area contributed by atoms with E-state index in [0.29, 0.717) is 0 Å². The number of hydrogen-bond donors (Lipinski definition) is 2. The average Bonchev–Trinajstić information content (AvgIpc) is 2.79. The molecular weight excluding hydrogens is 376 g/mol. The van der Waals surface area contributed by atoms with Crippen molar-refractivity contribution in [3.8, 4) is 0 Å². The Bertz CT molecular complexity index is 494. The molecule has 2 N–H and O–H groups in total. The summed E-state index contributed by atoms with van der Waals surface area (Å²) in [5.41, 5.74) is 0.242. The van der Waals surface area contributed by atoms with Crippen LogP contribution >= 0.6 is 0 Å². The van der Waals surface area contributed by atoms with Crippen LogP contribution in [0.4, 0.5) is 0 Å². The molecule has 0 aromatic carbocycles. The van der Waals surface area contributed by atoms with Crippen molar-refractivity contribution in [3.05, 3.63) is 0 Å². The maximum absolute atomic E-state index is 5.62. The van der Waals surface area contributed by atoms with Gasteiger partial charge in [-0.1, -0.05) is 19.3 Å². The molecular formula is C23H46N6O. The van der Waals surface area contributed by atoms with Crippen LogP contribution in [0.25, 0.3) is 0 Å². The first-order chi connectivity index (χ1) is 14.7. The van der Waals surface area contributed by atoms with E-state index in [9.17, 15) is 0 Å². The lowest BCUT2D eigenvalue weighted by atomic mass is 9.80. The molecule has 1 saturated carbocycles. The Labute approximate surface area is 184 Å². The van der Waals surface area contributed by atoms with Gasteiger partial charge in [-0.05, 0) is 46.2 Å². The van der Waals surface area contributed by atoms with Crippen molar-refractivity contribution in [2.24, 2.45) is 4.99 Å². The molecule has 2 aliphatic heterocycles. The van der Waals surface area contributed by atoms with Crippen LogP contribution in [-0.2, 0) is 4.74 Å². The highest BCUT2D eigenvalue weighted by molar-refractivity contribution is 5.79. The van der Waals surface area contributed by atoms with Crippen LogP contribution in [0, 0.1) is 0 Å². The minimum Gasteiger partial charge on any atom is -0.379 e. The Kier molecular flexibility index (Phi) is 10.2. The quantitative estimate of drug-likeness (QED) is 0.334. The Morgan fingerprint density at radius 3 is 2.37 bits per heavy atom. The Hall–Kier alpha value is -0.890. The lowest BCUT2D eigenvalue weighted by Gasteiger charge is -2.47. The van der Waals surface area contributed by atoms with Gasteiger partial charge >= 0.3 is 0 Å². The molecule has 0 bridgehead atoms. The van der Waals surface area contributed by atoms with Crippen molar-refractivity contribution in [1.82, 2.24) is 25.3 Å². The third-order valence-corrected chi connectivity index (χ3v) is 7.13. The summed E-state index contributed by atoms with van der Waals surface area (Å²) in [4.78, 5) is 12.8. The van der Waals surface area contributed by atoms with Crippen LogP contribution in [-0.4, -0.2) is 112 Å². The first kappa shape index (κ1) is 23.8. The van der Waals surface area contributed by atoms with Gasteiger partial charge in [0.2, 0.25) is 0 Å². The highest BCUT2D eigenvalue weighted by Crippen LogP contribution is 2.34. The molecule has 0 spiro atoms. The van der Waals surface area contributed by atoms with Gasteiger partial charge < -0.3 is 25.2 Å². The number of nitrogens with one attached hydrogen (secondary N) is 2. The number of hydrogen-bond acceptors (Lipinski definition) is 5. The standard InChI is InChI=1S/C23H46N6O/c1-3-24-22(25-11-7-8-12-28-15-13-27(2)14-16-28)26-21-23(9-5-4-6-10-23)29-17-19-30-20-18-29/h3-21H2,1-2H3,(H2,24,25,26). The summed E-state index contributed by atoms with van der Waals surface area (Å²) in [7, 11) is 2.22. The van der Waals surface area contributed by atoms with Crippen molar-refractivity contribution in [1.29, 1.82) is 0 Å². The van der Waals surface area contributed by atoms with Gasteiger partial charge in [-0.3, -0.25) is 9.89 Å². The van der Waals surface area contributed by atoms with E-state index in [1.807, 2.05) is 0 Å². The number of rotatable bonds is 9. The van der Waals surface area contributed by atoms with Crippen LogP contribution in [0.2, 0.25) is 0 Å². The van der Waals surface area contributed by atoms with Crippen molar-refractivity contribution in [2.45, 2.75) is 57.4 Å². The fraction of sp³-hybridized carbons (Fsp3) is 0.957. The van der Waals surface area contributed by atoms with Gasteiger partial charge in [-0.25, -0.2) is 0 Å². The summed E-state index contributed by atoms with van der Waals surface area (Å²) in [6.07, 6.45) is 9.06. The van der Waals surface area contributed by atoms with E-state index in [2.05, 4.69) is 39.3 Å². The average molecular weight is 423 g/mol. The van der Waals surface area contributed by atoms with Crippen LogP contribution in [0.3, 0.4) is 0 Å². The lowest BCUT2D eigenvalue weighted by molar-refractivity contribution is -0.0333. The van der Waals surface area contributed by atoms with E-state index in [1.54, 1.807) is 0 Å². The van der Waals surface area contributed by atoms with Crippen LogP contribution in [0.5, 0.6) is 0 Å². The Morgan fingerprint density at radius 1 is 0.933 bits per heavy atom. The van der Waals surface area contributed by atoms with Crippen LogP contribution in [0.15, 0.2) is 4.99 Å². The summed E-state index contributed by atoms with van der Waals surface area (Å²) in [5, 5.41) is 7.06. The lowest BCUT2D eigenvalue weighted by Crippen LogP contribution is -2.56. The normalized spacial score (nSPS) is 24.7. The molecule has 0 aromatic rings. The third-order valence-electron chi connectivity index (χ3n) is 7.13. The predicted octanol–water partition coefficient (Wildman–Crippen LogP) is 1.60. The number of nitrogens with zero attached hydrogens (tertiary/aromatic N) is 4. The molecule has 3 aliphatic rings. The second kappa shape index (κ2) is 12.8. The van der Waals surface area contributed by atoms with E-state index >= 15 is 0 Å². The highest BCUT2D eigenvalue weighted by Gasteiger charge is 2.38. The zero-order valence-electron chi connectivity index (χ0n) is 19.6. The number of piperazine rings is 1. The fourth-order valence-electron chi connectivity index (χ4n) is 5.13. The van der Waals surface area contributed by atoms with Gasteiger partial charge in [-0.15, -0.1) is 0 Å². The molecule has 2 heterocycles. The number of ether oxygens (including phenoxy) is 1. The molecule has 30 heavy (non-hydrogen) atoms. The molecule has 7 nitrogen and oxygen atoms in total. The molecule has 1 aliphatic carbocycles. The third kappa shape index (κ3) is 7.36. The number of guanidine groups is 1. The zero-order valence-corrected chi connectivity index (χ0v) is 19.6. The molecule has 0 radical (unpaired) electrons. The van der Waals surface area contributed by atoms with Gasteiger partial charge in [0.1, 0.15) is 0 Å². The topological polar surface area (TPSA) is 55.4 Å². The highest BCUT2D eigenvalue weighted by atomic mass is 16.5. The summed E-state index contributed by atoms with van der Waals surface area (Å²) < 4.78 is 5.62. The minimum absolute atomic E-state index is 0.242. The van der Waals surface area contributed by atoms with Gasteiger partial charge in [-0.2, -0.15) is 0 Å². The van der Waals surface area contributed by atoms with Crippen molar-refractivity contribution in [2.75, 3.05) is 85.7 Å². The van der Waals surface area contributed by atoms with Crippen molar-refractivity contribution < 1.29 is 4.74 Å². The maximum atomic E-state index is 5.62. The molecule has 0 atom stereocenters. The molecule has 3 fully saturated rings. The molecule has 2 saturated heterocycles. The molecule has 0 aromatic heterocycles. The maximum Gasteiger partial charge on any atom is 0.191 e. The van der Waals surface area contributed by atoms with Gasteiger partial charge in [0, 0.05) is 57.9 Å². The number of morpholine rings is 1. The largest absolute Gasteiger partial charge is 0.379 e. The Morgan fingerprint density at radius 2 is 1.67 bits per heavy atom. The van der Waals surface area contributed by atoms with Crippen LogP contribution < -0.4 is 10.6 Å². The number of aliphatic imine (C=N–C) groups is 1. The van der Waals surface area contributed by atoms with E-state index in [-0.39, 0.29) is 5.54 Å². The van der Waals surface area contributed by atoms with E-state index in [0.717, 1.165) is 51.9 Å². The monoisotopic (exact) mass is 422 g/mol. The van der Waals surface area contributed by atoms with Crippen LogP contribution in [0.1, 0.15) is 51.9 Å². The molecule has 7 heteroatoms. The SMILES string of the molecule is CCNC(=NCC1(N2CCOCC2)CCCCC1)NCCCCN1CCN(C)CC1. The van der Waals surface area contributed by atoms with E-state index in [1.165, 1.54) is 77.7 Å². The van der Waals surface area contributed by atoms with E-state index < -0.39 is 0 Å².